The van der Waals surface area contributed by atoms with Crippen molar-refractivity contribution >= 4 is 63.8 Å². The number of benzene rings is 9. The predicted octanol–water partition coefficient (Wildman–Crippen LogP) is 14.6. The molecule has 0 aliphatic heterocycles. The Bertz CT molecular complexity index is 3200. The third-order valence-corrected chi connectivity index (χ3v) is 12.1. The van der Waals surface area contributed by atoms with Crippen LogP contribution in [-0.2, 0) is 0 Å². The lowest BCUT2D eigenvalue weighted by molar-refractivity contribution is 1.18. The maximum Gasteiger partial charge on any atom is 0.160 e. The molecule has 0 unspecified atom stereocenters. The Balaban J connectivity index is 0.975. The van der Waals surface area contributed by atoms with E-state index in [2.05, 4.69) is 176 Å². The molecule has 0 spiro atoms. The minimum absolute atomic E-state index is 0.713. The Hall–Kier alpha value is -6.94. The number of aromatic nitrogens is 2. The van der Waals surface area contributed by atoms with E-state index in [4.69, 9.17) is 9.97 Å². The first-order valence-electron chi connectivity index (χ1n) is 18.6. The molecule has 9 aromatic carbocycles. The highest BCUT2D eigenvalue weighted by atomic mass is 32.1. The molecule has 11 rings (SSSR count). The van der Waals surface area contributed by atoms with Crippen LogP contribution < -0.4 is 0 Å². The van der Waals surface area contributed by atoms with Crippen molar-refractivity contribution in [1.82, 2.24) is 9.97 Å². The lowest BCUT2D eigenvalue weighted by atomic mass is 9.92. The zero-order valence-electron chi connectivity index (χ0n) is 29.8. The largest absolute Gasteiger partial charge is 0.228 e. The molecule has 0 radical (unpaired) electrons. The highest BCUT2D eigenvalue weighted by Gasteiger charge is 2.14. The minimum Gasteiger partial charge on any atom is -0.228 e. The summed E-state index contributed by atoms with van der Waals surface area (Å²) in [5.74, 6) is 0.713. The van der Waals surface area contributed by atoms with Crippen LogP contribution in [0, 0.1) is 0 Å². The van der Waals surface area contributed by atoms with Gasteiger partial charge in [0.15, 0.2) is 5.82 Å². The van der Waals surface area contributed by atoms with Gasteiger partial charge in [-0.1, -0.05) is 176 Å². The van der Waals surface area contributed by atoms with Crippen LogP contribution in [0.2, 0.25) is 0 Å². The van der Waals surface area contributed by atoms with E-state index in [9.17, 15) is 0 Å². The SMILES string of the molecule is c1ccc(-c2nc(-c3ccc(-c4ccc5c6ccccc6c6ccccc6c5c4)cc3)cc(-c3ccc(-c4cccc5c4sc4ccccc45)cc3)n2)cc1. The maximum absolute atomic E-state index is 5.12. The summed E-state index contributed by atoms with van der Waals surface area (Å²) in [5.41, 5.74) is 9.71. The van der Waals surface area contributed by atoms with Gasteiger partial charge in [0.05, 0.1) is 11.4 Å². The van der Waals surface area contributed by atoms with E-state index < -0.39 is 0 Å². The number of thiophene rings is 1. The van der Waals surface area contributed by atoms with E-state index in [-0.39, 0.29) is 0 Å². The highest BCUT2D eigenvalue weighted by Crippen LogP contribution is 2.41. The van der Waals surface area contributed by atoms with Crippen molar-refractivity contribution in [2.45, 2.75) is 0 Å². The van der Waals surface area contributed by atoms with E-state index >= 15 is 0 Å². The molecular formula is C52H32N2S. The maximum atomic E-state index is 5.12. The lowest BCUT2D eigenvalue weighted by Gasteiger charge is -2.13. The normalized spacial score (nSPS) is 11.6. The van der Waals surface area contributed by atoms with Gasteiger partial charge in [-0.25, -0.2) is 9.97 Å². The number of fused-ring (bicyclic) bond motifs is 9. The van der Waals surface area contributed by atoms with Crippen molar-refractivity contribution in [2.24, 2.45) is 0 Å². The molecule has 2 heterocycles. The molecule has 0 bridgehead atoms. The molecule has 11 aromatic rings. The van der Waals surface area contributed by atoms with Gasteiger partial charge in [-0.2, -0.15) is 0 Å². The molecule has 0 atom stereocenters. The third-order valence-electron chi connectivity index (χ3n) is 10.9. The molecule has 0 saturated heterocycles. The molecule has 0 fully saturated rings. The molecule has 3 heteroatoms. The van der Waals surface area contributed by atoms with Crippen molar-refractivity contribution in [2.75, 3.05) is 0 Å². The predicted molar refractivity (Wildman–Crippen MR) is 235 cm³/mol. The van der Waals surface area contributed by atoms with Gasteiger partial charge in [0.2, 0.25) is 0 Å². The van der Waals surface area contributed by atoms with E-state index in [0.29, 0.717) is 5.82 Å². The summed E-state index contributed by atoms with van der Waals surface area (Å²) in [7, 11) is 0. The fourth-order valence-electron chi connectivity index (χ4n) is 8.18. The van der Waals surface area contributed by atoms with Crippen LogP contribution in [0.1, 0.15) is 0 Å². The van der Waals surface area contributed by atoms with Crippen molar-refractivity contribution in [1.29, 1.82) is 0 Å². The standard InChI is InChI=1S/C52H32N2S/c1-2-11-37(12-3-1)52-53-48(32-49(54-52)36-27-23-34(24-28-36)39-18-10-19-46-45-17-8-9-20-50(45)55-51(39)46)35-25-21-33(22-26-35)38-29-30-44-42-15-5-4-13-40(42)41-14-6-7-16-43(41)47(44)31-38/h1-32H. The zero-order valence-corrected chi connectivity index (χ0v) is 30.6. The first kappa shape index (κ1) is 31.6. The molecule has 2 aromatic heterocycles. The van der Waals surface area contributed by atoms with Crippen molar-refractivity contribution in [3.05, 3.63) is 194 Å². The van der Waals surface area contributed by atoms with Gasteiger partial charge in [-0.15, -0.1) is 11.3 Å². The van der Waals surface area contributed by atoms with Crippen LogP contribution in [0.25, 0.3) is 109 Å². The Morgan fingerprint density at radius 1 is 0.291 bits per heavy atom. The van der Waals surface area contributed by atoms with Crippen LogP contribution >= 0.6 is 11.3 Å². The summed E-state index contributed by atoms with van der Waals surface area (Å²) in [5, 5.41) is 10.3. The number of nitrogens with zero attached hydrogens (tertiary/aromatic N) is 2. The summed E-state index contributed by atoms with van der Waals surface area (Å²) < 4.78 is 2.64. The number of hydrogen-bond donors (Lipinski definition) is 0. The second-order valence-electron chi connectivity index (χ2n) is 14.1. The Labute approximate surface area is 322 Å². The monoisotopic (exact) mass is 716 g/mol. The van der Waals surface area contributed by atoms with Gasteiger partial charge < -0.3 is 0 Å². The Morgan fingerprint density at radius 3 is 1.44 bits per heavy atom. The van der Waals surface area contributed by atoms with Gasteiger partial charge >= 0.3 is 0 Å². The molecule has 2 nitrogen and oxygen atoms in total. The average molecular weight is 717 g/mol. The minimum atomic E-state index is 0.713. The molecule has 256 valence electrons. The summed E-state index contributed by atoms with van der Waals surface area (Å²) in [6, 6.07) is 69.7. The Kier molecular flexibility index (Phi) is 7.39. The van der Waals surface area contributed by atoms with Crippen LogP contribution in [0.4, 0.5) is 0 Å². The fraction of sp³-hybridized carbons (Fsp3) is 0. The summed E-state index contributed by atoms with van der Waals surface area (Å²) in [6.45, 7) is 0. The highest BCUT2D eigenvalue weighted by molar-refractivity contribution is 7.26. The third kappa shape index (κ3) is 5.40. The van der Waals surface area contributed by atoms with E-state index in [1.165, 1.54) is 74.7 Å². The van der Waals surface area contributed by atoms with Gasteiger partial charge in [0.25, 0.3) is 0 Å². The fourth-order valence-corrected chi connectivity index (χ4v) is 9.41. The van der Waals surface area contributed by atoms with E-state index in [1.807, 2.05) is 29.5 Å². The quantitative estimate of drug-likeness (QED) is 0.166. The second-order valence-corrected chi connectivity index (χ2v) is 15.2. The zero-order chi connectivity index (χ0) is 36.3. The molecule has 0 amide bonds. The molecule has 0 aliphatic rings. The van der Waals surface area contributed by atoms with Crippen molar-refractivity contribution in [3.8, 4) is 56.2 Å². The van der Waals surface area contributed by atoms with Gasteiger partial charge in [0.1, 0.15) is 0 Å². The van der Waals surface area contributed by atoms with E-state index in [1.54, 1.807) is 0 Å². The Morgan fingerprint density at radius 2 is 0.782 bits per heavy atom. The van der Waals surface area contributed by atoms with Crippen molar-refractivity contribution < 1.29 is 0 Å². The summed E-state index contributed by atoms with van der Waals surface area (Å²) in [4.78, 5) is 10.2. The molecule has 0 aliphatic carbocycles. The van der Waals surface area contributed by atoms with Gasteiger partial charge in [-0.05, 0) is 72.8 Å². The average Bonchev–Trinajstić information content (AvgIpc) is 3.66. The van der Waals surface area contributed by atoms with E-state index in [0.717, 1.165) is 28.1 Å². The molecular weight excluding hydrogens is 685 g/mol. The molecule has 55 heavy (non-hydrogen) atoms. The van der Waals surface area contributed by atoms with Crippen LogP contribution in [0.5, 0.6) is 0 Å². The van der Waals surface area contributed by atoms with Gasteiger partial charge in [-0.3, -0.25) is 0 Å². The van der Waals surface area contributed by atoms with Gasteiger partial charge in [0, 0.05) is 36.9 Å². The van der Waals surface area contributed by atoms with Crippen molar-refractivity contribution in [3.63, 3.8) is 0 Å². The molecule has 0 N–H and O–H groups in total. The second kappa shape index (κ2) is 12.9. The smallest absolute Gasteiger partial charge is 0.160 e. The van der Waals surface area contributed by atoms with Crippen LogP contribution in [0.15, 0.2) is 194 Å². The number of hydrogen-bond acceptors (Lipinski definition) is 3. The number of rotatable bonds is 5. The first-order valence-corrected chi connectivity index (χ1v) is 19.5. The van der Waals surface area contributed by atoms with Crippen LogP contribution in [0.3, 0.4) is 0 Å². The summed E-state index contributed by atoms with van der Waals surface area (Å²) in [6.07, 6.45) is 0. The van der Waals surface area contributed by atoms with Crippen LogP contribution in [-0.4, -0.2) is 9.97 Å². The molecule has 0 saturated carbocycles. The summed E-state index contributed by atoms with van der Waals surface area (Å²) >= 11 is 1.86. The topological polar surface area (TPSA) is 25.8 Å². The first-order chi connectivity index (χ1) is 27.2. The lowest BCUT2D eigenvalue weighted by Crippen LogP contribution is -1.96.